The maximum absolute atomic E-state index is 12.0. The number of aryl methyl sites for hydroxylation is 1. The molecule has 2 rings (SSSR count). The molecule has 1 heterocycles. The summed E-state index contributed by atoms with van der Waals surface area (Å²) >= 11 is 0. The molecule has 0 aliphatic heterocycles. The molecule has 0 amide bonds. The van der Waals surface area contributed by atoms with Crippen molar-refractivity contribution in [3.8, 4) is 5.75 Å². The van der Waals surface area contributed by atoms with Gasteiger partial charge in [0.2, 0.25) is 10.0 Å². The van der Waals surface area contributed by atoms with Gasteiger partial charge in [-0.05, 0) is 36.8 Å². The molecule has 0 saturated carbocycles. The van der Waals surface area contributed by atoms with Crippen molar-refractivity contribution in [2.45, 2.75) is 11.8 Å². The lowest BCUT2D eigenvalue weighted by atomic mass is 10.2. The summed E-state index contributed by atoms with van der Waals surface area (Å²) in [6, 6.07) is 10.4. The van der Waals surface area contributed by atoms with Crippen LogP contribution in [0.3, 0.4) is 0 Å². The number of nitrogens with two attached hydrogens (primary N) is 1. The predicted molar refractivity (Wildman–Crippen MR) is 80.5 cm³/mol. The van der Waals surface area contributed by atoms with Gasteiger partial charge in [-0.1, -0.05) is 12.1 Å². The molecule has 0 bridgehead atoms. The average Bonchev–Trinajstić information content (AvgIpc) is 2.44. The summed E-state index contributed by atoms with van der Waals surface area (Å²) in [4.78, 5) is 3.83. The number of sulfonamides is 1. The maximum Gasteiger partial charge on any atom is 0.242 e. The van der Waals surface area contributed by atoms with Crippen LogP contribution in [0.1, 0.15) is 5.56 Å². The molecule has 0 spiro atoms. The molecule has 0 aliphatic rings. The summed E-state index contributed by atoms with van der Waals surface area (Å²) in [5.74, 6) is 0.986. The number of aromatic nitrogens is 1. The van der Waals surface area contributed by atoms with E-state index in [-0.39, 0.29) is 23.9 Å². The Kier molecular flexibility index (Phi) is 4.77. The zero-order valence-corrected chi connectivity index (χ0v) is 12.4. The van der Waals surface area contributed by atoms with E-state index >= 15 is 0 Å². The van der Waals surface area contributed by atoms with Gasteiger partial charge in [0.05, 0.1) is 0 Å². The van der Waals surface area contributed by atoms with Crippen LogP contribution in [0, 0.1) is 6.92 Å². The molecular weight excluding hydrogens is 290 g/mol. The molecule has 0 saturated heterocycles. The van der Waals surface area contributed by atoms with Crippen molar-refractivity contribution < 1.29 is 13.2 Å². The van der Waals surface area contributed by atoms with Crippen molar-refractivity contribution in [2.75, 3.05) is 18.9 Å². The first-order valence-corrected chi connectivity index (χ1v) is 7.86. The summed E-state index contributed by atoms with van der Waals surface area (Å²) in [6.45, 7) is 2.37. The third kappa shape index (κ3) is 4.44. The Morgan fingerprint density at radius 1 is 1.29 bits per heavy atom. The first-order valence-electron chi connectivity index (χ1n) is 6.38. The molecule has 6 nitrogen and oxygen atoms in total. The fourth-order valence-electron chi connectivity index (χ4n) is 1.68. The number of ether oxygens (including phenoxy) is 1. The van der Waals surface area contributed by atoms with Crippen LogP contribution in [0.5, 0.6) is 5.75 Å². The minimum Gasteiger partial charge on any atom is -0.492 e. The fourth-order valence-corrected chi connectivity index (χ4v) is 2.64. The zero-order chi connectivity index (χ0) is 15.3. The molecule has 0 unspecified atom stereocenters. The summed E-state index contributed by atoms with van der Waals surface area (Å²) < 4.78 is 31.8. The second-order valence-electron chi connectivity index (χ2n) is 4.48. The Morgan fingerprint density at radius 3 is 2.76 bits per heavy atom. The molecule has 0 fully saturated rings. The van der Waals surface area contributed by atoms with Crippen LogP contribution in [0.2, 0.25) is 0 Å². The smallest absolute Gasteiger partial charge is 0.242 e. The van der Waals surface area contributed by atoms with E-state index in [1.54, 1.807) is 0 Å². The third-order valence-corrected chi connectivity index (χ3v) is 4.17. The Hall–Kier alpha value is -2.12. The van der Waals surface area contributed by atoms with Gasteiger partial charge in [0.1, 0.15) is 23.1 Å². The summed E-state index contributed by atoms with van der Waals surface area (Å²) in [5, 5.41) is 0. The van der Waals surface area contributed by atoms with E-state index in [0.29, 0.717) is 5.75 Å². The van der Waals surface area contributed by atoms with Crippen LogP contribution in [0.4, 0.5) is 5.82 Å². The Balaban J connectivity index is 1.86. The predicted octanol–water partition coefficient (Wildman–Crippen LogP) is 1.33. The molecule has 112 valence electrons. The van der Waals surface area contributed by atoms with Crippen LogP contribution >= 0.6 is 0 Å². The van der Waals surface area contributed by atoms with Gasteiger partial charge < -0.3 is 10.5 Å². The number of nitrogens with one attached hydrogen (secondary N) is 1. The second-order valence-corrected chi connectivity index (χ2v) is 6.25. The molecular formula is C14H17N3O3S. The third-order valence-electron chi connectivity index (χ3n) is 2.72. The monoisotopic (exact) mass is 307 g/mol. The molecule has 1 aromatic carbocycles. The van der Waals surface area contributed by atoms with Crippen molar-refractivity contribution in [3.63, 3.8) is 0 Å². The normalized spacial score (nSPS) is 11.3. The van der Waals surface area contributed by atoms with Crippen LogP contribution < -0.4 is 15.2 Å². The molecule has 7 heteroatoms. The highest BCUT2D eigenvalue weighted by atomic mass is 32.2. The SMILES string of the molecule is Cc1cccc(OCCNS(=O)(=O)c2ccc(N)nc2)c1. The number of pyridine rings is 1. The van der Waals surface area contributed by atoms with Gasteiger partial charge in [0.25, 0.3) is 0 Å². The molecule has 1 aromatic heterocycles. The molecule has 0 aliphatic carbocycles. The highest BCUT2D eigenvalue weighted by molar-refractivity contribution is 7.89. The minimum absolute atomic E-state index is 0.0762. The summed E-state index contributed by atoms with van der Waals surface area (Å²) in [7, 11) is -3.59. The molecule has 21 heavy (non-hydrogen) atoms. The fraction of sp³-hybridized carbons (Fsp3) is 0.214. The van der Waals surface area contributed by atoms with Gasteiger partial charge in [0.15, 0.2) is 0 Å². The first kappa shape index (κ1) is 15.3. The Morgan fingerprint density at radius 2 is 2.10 bits per heavy atom. The lowest BCUT2D eigenvalue weighted by Gasteiger charge is -2.09. The van der Waals surface area contributed by atoms with Gasteiger partial charge in [0, 0.05) is 12.7 Å². The van der Waals surface area contributed by atoms with Gasteiger partial charge >= 0.3 is 0 Å². The molecule has 0 atom stereocenters. The van der Waals surface area contributed by atoms with Crippen molar-refractivity contribution in [2.24, 2.45) is 0 Å². The number of rotatable bonds is 6. The highest BCUT2D eigenvalue weighted by Gasteiger charge is 2.13. The number of benzene rings is 1. The first-order chi connectivity index (χ1) is 9.97. The number of anilines is 1. The van der Waals surface area contributed by atoms with E-state index in [0.717, 1.165) is 5.56 Å². The van der Waals surface area contributed by atoms with Crippen LogP contribution in [-0.4, -0.2) is 26.6 Å². The van der Waals surface area contributed by atoms with Gasteiger partial charge in [-0.15, -0.1) is 0 Å². The van der Waals surface area contributed by atoms with Gasteiger partial charge in [-0.2, -0.15) is 0 Å². The van der Waals surface area contributed by atoms with Crippen LogP contribution in [0.15, 0.2) is 47.5 Å². The number of hydrogen-bond donors (Lipinski definition) is 2. The molecule has 0 radical (unpaired) electrons. The van der Waals surface area contributed by atoms with Crippen molar-refractivity contribution >= 4 is 15.8 Å². The van der Waals surface area contributed by atoms with E-state index in [4.69, 9.17) is 10.5 Å². The lowest BCUT2D eigenvalue weighted by molar-refractivity contribution is 0.322. The Bertz CT molecular complexity index is 700. The number of hydrogen-bond acceptors (Lipinski definition) is 5. The highest BCUT2D eigenvalue weighted by Crippen LogP contribution is 2.12. The van der Waals surface area contributed by atoms with E-state index in [1.807, 2.05) is 31.2 Å². The quantitative estimate of drug-likeness (QED) is 0.785. The topological polar surface area (TPSA) is 94.3 Å². The van der Waals surface area contributed by atoms with Gasteiger partial charge in [-0.3, -0.25) is 0 Å². The van der Waals surface area contributed by atoms with Gasteiger partial charge in [-0.25, -0.2) is 18.1 Å². The van der Waals surface area contributed by atoms with Crippen molar-refractivity contribution in [1.29, 1.82) is 0 Å². The van der Waals surface area contributed by atoms with Crippen molar-refractivity contribution in [3.05, 3.63) is 48.2 Å². The largest absolute Gasteiger partial charge is 0.492 e. The zero-order valence-electron chi connectivity index (χ0n) is 11.6. The number of nitrogens with zero attached hydrogens (tertiary/aromatic N) is 1. The Labute approximate surface area is 124 Å². The van der Waals surface area contributed by atoms with Crippen molar-refractivity contribution in [1.82, 2.24) is 9.71 Å². The molecule has 3 N–H and O–H groups in total. The summed E-state index contributed by atoms with van der Waals surface area (Å²) in [6.07, 6.45) is 1.22. The summed E-state index contributed by atoms with van der Waals surface area (Å²) in [5.41, 5.74) is 6.51. The average molecular weight is 307 g/mol. The minimum atomic E-state index is -3.59. The second kappa shape index (κ2) is 6.55. The standard InChI is InChI=1S/C14H17N3O3S/c1-11-3-2-4-12(9-11)20-8-7-17-21(18,19)13-5-6-14(15)16-10-13/h2-6,9-10,17H,7-8H2,1H3,(H2,15,16). The van der Waals surface area contributed by atoms with Crippen LogP contribution in [-0.2, 0) is 10.0 Å². The van der Waals surface area contributed by atoms with E-state index in [9.17, 15) is 8.42 Å². The lowest BCUT2D eigenvalue weighted by Crippen LogP contribution is -2.28. The molecule has 2 aromatic rings. The van der Waals surface area contributed by atoms with E-state index in [1.165, 1.54) is 18.3 Å². The van der Waals surface area contributed by atoms with E-state index in [2.05, 4.69) is 9.71 Å². The van der Waals surface area contributed by atoms with E-state index < -0.39 is 10.0 Å². The van der Waals surface area contributed by atoms with Crippen LogP contribution in [0.25, 0.3) is 0 Å². The maximum atomic E-state index is 12.0. The number of nitrogen functional groups attached to an aromatic ring is 1.